The monoisotopic (exact) mass is 190 g/mol. The van der Waals surface area contributed by atoms with E-state index in [0.717, 1.165) is 13.1 Å². The lowest BCUT2D eigenvalue weighted by Crippen LogP contribution is -2.23. The van der Waals surface area contributed by atoms with Crippen LogP contribution in [0.25, 0.3) is 0 Å². The van der Waals surface area contributed by atoms with Gasteiger partial charge in [0.2, 0.25) is 0 Å². The first-order chi connectivity index (χ1) is 6.81. The van der Waals surface area contributed by atoms with E-state index in [1.807, 2.05) is 0 Å². The molecule has 2 unspecified atom stereocenters. The van der Waals surface area contributed by atoms with Crippen molar-refractivity contribution in [2.24, 2.45) is 11.7 Å². The molecule has 1 heterocycles. The van der Waals surface area contributed by atoms with Crippen molar-refractivity contribution in [2.45, 2.75) is 19.4 Å². The highest BCUT2D eigenvalue weighted by molar-refractivity contribution is 5.26. The van der Waals surface area contributed by atoms with Crippen molar-refractivity contribution in [2.75, 3.05) is 13.1 Å². The van der Waals surface area contributed by atoms with E-state index in [1.165, 1.54) is 17.5 Å². The maximum atomic E-state index is 5.76. The summed E-state index contributed by atoms with van der Waals surface area (Å²) in [5, 5.41) is 3.52. The maximum Gasteiger partial charge on any atom is 0.0361 e. The highest BCUT2D eigenvalue weighted by atomic mass is 15.0. The zero-order valence-corrected chi connectivity index (χ0v) is 8.66. The minimum Gasteiger partial charge on any atom is -0.330 e. The Kier molecular flexibility index (Phi) is 2.85. The SMILES string of the molecule is Cc1cccc(C2NCCC2CN)c1. The predicted octanol–water partition coefficient (Wildman–Crippen LogP) is 1.60. The van der Waals surface area contributed by atoms with Crippen LogP contribution in [0.4, 0.5) is 0 Å². The lowest BCUT2D eigenvalue weighted by atomic mass is 9.93. The Hall–Kier alpha value is -0.860. The molecule has 2 heteroatoms. The molecule has 76 valence electrons. The van der Waals surface area contributed by atoms with Gasteiger partial charge in [0.25, 0.3) is 0 Å². The van der Waals surface area contributed by atoms with Crippen LogP contribution in [0.1, 0.15) is 23.6 Å². The van der Waals surface area contributed by atoms with Gasteiger partial charge in [-0.3, -0.25) is 0 Å². The standard InChI is InChI=1S/C12H18N2/c1-9-3-2-4-10(7-9)12-11(8-13)5-6-14-12/h2-4,7,11-12,14H,5-6,8,13H2,1H3. The van der Waals surface area contributed by atoms with Gasteiger partial charge in [0, 0.05) is 6.04 Å². The average Bonchev–Trinajstić information content (AvgIpc) is 2.65. The van der Waals surface area contributed by atoms with Crippen molar-refractivity contribution in [3.05, 3.63) is 35.4 Å². The van der Waals surface area contributed by atoms with Crippen LogP contribution in [0.15, 0.2) is 24.3 Å². The van der Waals surface area contributed by atoms with Gasteiger partial charge in [0.05, 0.1) is 0 Å². The summed E-state index contributed by atoms with van der Waals surface area (Å²) >= 11 is 0. The Morgan fingerprint density at radius 3 is 3.07 bits per heavy atom. The molecule has 2 nitrogen and oxygen atoms in total. The van der Waals surface area contributed by atoms with E-state index in [4.69, 9.17) is 5.73 Å². The summed E-state index contributed by atoms with van der Waals surface area (Å²) in [4.78, 5) is 0. The van der Waals surface area contributed by atoms with E-state index in [-0.39, 0.29) is 0 Å². The molecule has 2 rings (SSSR count). The molecule has 0 amide bonds. The summed E-state index contributed by atoms with van der Waals surface area (Å²) in [5.74, 6) is 0.608. The van der Waals surface area contributed by atoms with Crippen molar-refractivity contribution in [3.8, 4) is 0 Å². The van der Waals surface area contributed by atoms with Gasteiger partial charge in [0.15, 0.2) is 0 Å². The first-order valence-electron chi connectivity index (χ1n) is 5.31. The Balaban J connectivity index is 2.21. The molecule has 0 aromatic heterocycles. The fourth-order valence-electron chi connectivity index (χ4n) is 2.27. The summed E-state index contributed by atoms with van der Waals surface area (Å²) in [7, 11) is 0. The minimum atomic E-state index is 0.472. The van der Waals surface area contributed by atoms with Gasteiger partial charge in [-0.15, -0.1) is 0 Å². The number of hydrogen-bond acceptors (Lipinski definition) is 2. The molecule has 0 saturated carbocycles. The van der Waals surface area contributed by atoms with Crippen LogP contribution in [-0.2, 0) is 0 Å². The van der Waals surface area contributed by atoms with Crippen LogP contribution < -0.4 is 11.1 Å². The van der Waals surface area contributed by atoms with E-state index in [2.05, 4.69) is 36.5 Å². The number of nitrogens with two attached hydrogens (primary N) is 1. The van der Waals surface area contributed by atoms with E-state index in [0.29, 0.717) is 12.0 Å². The molecule has 1 aliphatic rings. The molecule has 0 aliphatic carbocycles. The van der Waals surface area contributed by atoms with Gasteiger partial charge < -0.3 is 11.1 Å². The summed E-state index contributed by atoms with van der Waals surface area (Å²) in [5.41, 5.74) is 8.47. The van der Waals surface area contributed by atoms with Gasteiger partial charge in [-0.1, -0.05) is 29.8 Å². The Bertz CT molecular complexity index is 309. The minimum absolute atomic E-state index is 0.472. The molecule has 1 aromatic rings. The summed E-state index contributed by atoms with van der Waals surface area (Å²) in [6, 6.07) is 9.18. The lowest BCUT2D eigenvalue weighted by Gasteiger charge is -2.18. The molecule has 1 saturated heterocycles. The molecule has 0 bridgehead atoms. The second-order valence-electron chi connectivity index (χ2n) is 4.13. The van der Waals surface area contributed by atoms with Crippen LogP contribution >= 0.6 is 0 Å². The van der Waals surface area contributed by atoms with E-state index >= 15 is 0 Å². The molecular weight excluding hydrogens is 172 g/mol. The van der Waals surface area contributed by atoms with Crippen LogP contribution in [-0.4, -0.2) is 13.1 Å². The molecule has 1 fully saturated rings. The van der Waals surface area contributed by atoms with Gasteiger partial charge in [-0.2, -0.15) is 0 Å². The normalized spacial score (nSPS) is 26.7. The lowest BCUT2D eigenvalue weighted by molar-refractivity contribution is 0.473. The first kappa shape index (κ1) is 9.69. The number of benzene rings is 1. The first-order valence-corrected chi connectivity index (χ1v) is 5.31. The fourth-order valence-corrected chi connectivity index (χ4v) is 2.27. The molecule has 1 aliphatic heterocycles. The van der Waals surface area contributed by atoms with Crippen molar-refractivity contribution < 1.29 is 0 Å². The van der Waals surface area contributed by atoms with Crippen molar-refractivity contribution >= 4 is 0 Å². The van der Waals surface area contributed by atoms with E-state index in [1.54, 1.807) is 0 Å². The Morgan fingerprint density at radius 2 is 2.36 bits per heavy atom. The molecule has 2 atom stereocenters. The smallest absolute Gasteiger partial charge is 0.0361 e. The summed E-state index contributed by atoms with van der Waals surface area (Å²) in [6.45, 7) is 4.02. The van der Waals surface area contributed by atoms with Crippen molar-refractivity contribution in [3.63, 3.8) is 0 Å². The average molecular weight is 190 g/mol. The van der Waals surface area contributed by atoms with Gasteiger partial charge in [-0.25, -0.2) is 0 Å². The number of hydrogen-bond donors (Lipinski definition) is 2. The largest absolute Gasteiger partial charge is 0.330 e. The van der Waals surface area contributed by atoms with Crippen LogP contribution in [0.5, 0.6) is 0 Å². The molecular formula is C12H18N2. The Labute approximate surface area is 85.5 Å². The molecule has 0 radical (unpaired) electrons. The van der Waals surface area contributed by atoms with Crippen LogP contribution in [0.3, 0.4) is 0 Å². The van der Waals surface area contributed by atoms with Crippen molar-refractivity contribution in [1.82, 2.24) is 5.32 Å². The highest BCUT2D eigenvalue weighted by Crippen LogP contribution is 2.28. The quantitative estimate of drug-likeness (QED) is 0.743. The highest BCUT2D eigenvalue weighted by Gasteiger charge is 2.26. The molecule has 0 spiro atoms. The van der Waals surface area contributed by atoms with Crippen LogP contribution in [0.2, 0.25) is 0 Å². The summed E-state index contributed by atoms with van der Waals surface area (Å²) in [6.07, 6.45) is 1.20. The number of nitrogens with one attached hydrogen (secondary N) is 1. The van der Waals surface area contributed by atoms with Crippen LogP contribution in [0, 0.1) is 12.8 Å². The maximum absolute atomic E-state index is 5.76. The second kappa shape index (κ2) is 4.11. The molecule has 1 aromatic carbocycles. The molecule has 3 N–H and O–H groups in total. The van der Waals surface area contributed by atoms with E-state index in [9.17, 15) is 0 Å². The number of aryl methyl sites for hydroxylation is 1. The van der Waals surface area contributed by atoms with Gasteiger partial charge >= 0.3 is 0 Å². The van der Waals surface area contributed by atoms with E-state index < -0.39 is 0 Å². The Morgan fingerprint density at radius 1 is 1.50 bits per heavy atom. The third-order valence-electron chi connectivity index (χ3n) is 3.05. The van der Waals surface area contributed by atoms with Gasteiger partial charge in [-0.05, 0) is 37.9 Å². The van der Waals surface area contributed by atoms with Crippen molar-refractivity contribution in [1.29, 1.82) is 0 Å². The zero-order valence-electron chi connectivity index (χ0n) is 8.66. The van der Waals surface area contributed by atoms with Gasteiger partial charge in [0.1, 0.15) is 0 Å². The zero-order chi connectivity index (χ0) is 9.97. The number of rotatable bonds is 2. The fraction of sp³-hybridized carbons (Fsp3) is 0.500. The third kappa shape index (κ3) is 1.81. The molecule has 14 heavy (non-hydrogen) atoms. The second-order valence-corrected chi connectivity index (χ2v) is 4.13. The predicted molar refractivity (Wildman–Crippen MR) is 59.1 cm³/mol. The topological polar surface area (TPSA) is 38.0 Å². The summed E-state index contributed by atoms with van der Waals surface area (Å²) < 4.78 is 0. The third-order valence-corrected chi connectivity index (χ3v) is 3.05.